The maximum absolute atomic E-state index is 5.64. The number of aromatic nitrogens is 1. The maximum Gasteiger partial charge on any atom is 0.0794 e. The number of benzene rings is 1. The number of hydrogen-bond acceptors (Lipinski definition) is 4. The minimum Gasteiger partial charge on any atom is -0.399 e. The third-order valence-electron chi connectivity index (χ3n) is 2.21. The Kier molecular flexibility index (Phi) is 2.87. The van der Waals surface area contributed by atoms with Gasteiger partial charge in [-0.25, -0.2) is 0 Å². The molecule has 78 valence electrons. The van der Waals surface area contributed by atoms with Gasteiger partial charge < -0.3 is 10.6 Å². The molecule has 2 rings (SSSR count). The number of nitrogen functional groups attached to an aromatic ring is 1. The lowest BCUT2D eigenvalue weighted by Crippen LogP contribution is -2.15. The predicted octanol–water partition coefficient (Wildman–Crippen LogP) is 2.36. The van der Waals surface area contributed by atoms with Gasteiger partial charge in [-0.05, 0) is 24.3 Å². The first-order valence-corrected chi connectivity index (χ1v) is 5.58. The maximum atomic E-state index is 5.64. The highest BCUT2D eigenvalue weighted by molar-refractivity contribution is 7.09. The van der Waals surface area contributed by atoms with Gasteiger partial charge in [-0.2, -0.15) is 0 Å². The molecule has 0 saturated carbocycles. The van der Waals surface area contributed by atoms with Crippen molar-refractivity contribution in [3.8, 4) is 0 Å². The molecule has 3 nitrogen and oxygen atoms in total. The van der Waals surface area contributed by atoms with E-state index in [0.717, 1.165) is 17.9 Å². The van der Waals surface area contributed by atoms with Crippen LogP contribution in [0.4, 0.5) is 11.4 Å². The topological polar surface area (TPSA) is 42.2 Å². The van der Waals surface area contributed by atoms with E-state index < -0.39 is 0 Å². The van der Waals surface area contributed by atoms with Crippen LogP contribution in [-0.2, 0) is 6.54 Å². The van der Waals surface area contributed by atoms with Crippen LogP contribution in [0.15, 0.2) is 36.0 Å². The molecule has 1 aromatic heterocycles. The first-order valence-electron chi connectivity index (χ1n) is 4.70. The lowest BCUT2D eigenvalue weighted by atomic mass is 10.2. The molecule has 0 atom stereocenters. The van der Waals surface area contributed by atoms with Crippen LogP contribution in [0, 0.1) is 0 Å². The zero-order valence-corrected chi connectivity index (χ0v) is 9.37. The minimum atomic E-state index is 0.796. The second-order valence-electron chi connectivity index (χ2n) is 3.42. The average Bonchev–Trinajstić information content (AvgIpc) is 2.71. The first-order chi connectivity index (χ1) is 7.25. The number of nitrogens with zero attached hydrogens (tertiary/aromatic N) is 2. The molecule has 0 aliphatic rings. The highest BCUT2D eigenvalue weighted by Gasteiger charge is 2.02. The van der Waals surface area contributed by atoms with Crippen molar-refractivity contribution in [1.82, 2.24) is 4.98 Å². The van der Waals surface area contributed by atoms with Crippen LogP contribution in [0.5, 0.6) is 0 Å². The van der Waals surface area contributed by atoms with Crippen molar-refractivity contribution in [2.24, 2.45) is 0 Å². The molecule has 2 N–H and O–H groups in total. The SMILES string of the molecule is CN(Cc1cncs1)c1ccc(N)cc1. The van der Waals surface area contributed by atoms with Crippen LogP contribution in [0.3, 0.4) is 0 Å². The molecule has 4 heteroatoms. The first kappa shape index (κ1) is 9.98. The predicted molar refractivity (Wildman–Crippen MR) is 65.1 cm³/mol. The van der Waals surface area contributed by atoms with Crippen molar-refractivity contribution in [3.05, 3.63) is 40.8 Å². The summed E-state index contributed by atoms with van der Waals surface area (Å²) in [5, 5.41) is 0. The molecule has 0 amide bonds. The van der Waals surface area contributed by atoms with Gasteiger partial charge in [-0.3, -0.25) is 4.98 Å². The van der Waals surface area contributed by atoms with E-state index >= 15 is 0 Å². The van der Waals surface area contributed by atoms with Gasteiger partial charge in [0.15, 0.2) is 0 Å². The molecule has 0 fully saturated rings. The van der Waals surface area contributed by atoms with Gasteiger partial charge in [-0.1, -0.05) is 0 Å². The summed E-state index contributed by atoms with van der Waals surface area (Å²) in [7, 11) is 2.06. The second-order valence-corrected chi connectivity index (χ2v) is 4.39. The standard InChI is InChI=1S/C11H13N3S/c1-14(7-11-6-13-8-15-11)10-4-2-9(12)3-5-10/h2-6,8H,7,12H2,1H3. The van der Waals surface area contributed by atoms with Gasteiger partial charge in [0.1, 0.15) is 0 Å². The summed E-state index contributed by atoms with van der Waals surface area (Å²) >= 11 is 1.67. The molecule has 0 aliphatic carbocycles. The molecule has 0 saturated heterocycles. The Morgan fingerprint density at radius 3 is 2.67 bits per heavy atom. The molecule has 15 heavy (non-hydrogen) atoms. The largest absolute Gasteiger partial charge is 0.399 e. The third kappa shape index (κ3) is 2.47. The summed E-state index contributed by atoms with van der Waals surface area (Å²) in [5.74, 6) is 0. The van der Waals surface area contributed by atoms with Gasteiger partial charge in [0, 0.05) is 29.5 Å². The molecule has 1 aromatic carbocycles. The molecule has 0 unspecified atom stereocenters. The van der Waals surface area contributed by atoms with Crippen molar-refractivity contribution in [1.29, 1.82) is 0 Å². The number of anilines is 2. The molecular weight excluding hydrogens is 206 g/mol. The van der Waals surface area contributed by atoms with Crippen LogP contribution in [-0.4, -0.2) is 12.0 Å². The van der Waals surface area contributed by atoms with E-state index in [-0.39, 0.29) is 0 Å². The van der Waals surface area contributed by atoms with Crippen LogP contribution in [0.25, 0.3) is 0 Å². The number of hydrogen-bond donors (Lipinski definition) is 1. The molecular formula is C11H13N3S. The molecule has 0 spiro atoms. The summed E-state index contributed by atoms with van der Waals surface area (Å²) in [6, 6.07) is 7.88. The summed E-state index contributed by atoms with van der Waals surface area (Å²) in [5.41, 5.74) is 9.45. The highest BCUT2D eigenvalue weighted by Crippen LogP contribution is 2.18. The van der Waals surface area contributed by atoms with Crippen molar-refractivity contribution in [2.75, 3.05) is 17.7 Å². The van der Waals surface area contributed by atoms with Crippen LogP contribution < -0.4 is 10.6 Å². The number of nitrogens with two attached hydrogens (primary N) is 1. The fourth-order valence-corrected chi connectivity index (χ4v) is 2.02. The van der Waals surface area contributed by atoms with Crippen molar-refractivity contribution >= 4 is 22.7 Å². The van der Waals surface area contributed by atoms with Crippen LogP contribution >= 0.6 is 11.3 Å². The Morgan fingerprint density at radius 2 is 2.07 bits per heavy atom. The van der Waals surface area contributed by atoms with E-state index in [1.807, 2.05) is 36.0 Å². The monoisotopic (exact) mass is 219 g/mol. The molecule has 1 heterocycles. The zero-order chi connectivity index (χ0) is 10.7. The van der Waals surface area contributed by atoms with E-state index in [1.165, 1.54) is 4.88 Å². The Bertz CT molecular complexity index is 408. The minimum absolute atomic E-state index is 0.796. The molecule has 0 bridgehead atoms. The lowest BCUT2D eigenvalue weighted by molar-refractivity contribution is 0.937. The summed E-state index contributed by atoms with van der Waals surface area (Å²) in [6.07, 6.45) is 1.90. The second kappa shape index (κ2) is 4.31. The van der Waals surface area contributed by atoms with E-state index in [2.05, 4.69) is 16.9 Å². The Hall–Kier alpha value is -1.55. The summed E-state index contributed by atoms with van der Waals surface area (Å²) < 4.78 is 0. The fraction of sp³-hybridized carbons (Fsp3) is 0.182. The van der Waals surface area contributed by atoms with Crippen LogP contribution in [0.1, 0.15) is 4.88 Å². The fourth-order valence-electron chi connectivity index (χ4n) is 1.37. The van der Waals surface area contributed by atoms with E-state index in [1.54, 1.807) is 11.3 Å². The molecule has 2 aromatic rings. The van der Waals surface area contributed by atoms with Crippen molar-refractivity contribution < 1.29 is 0 Å². The highest BCUT2D eigenvalue weighted by atomic mass is 32.1. The van der Waals surface area contributed by atoms with Gasteiger partial charge in [0.05, 0.1) is 12.1 Å². The third-order valence-corrected chi connectivity index (χ3v) is 2.97. The van der Waals surface area contributed by atoms with Gasteiger partial charge in [0.2, 0.25) is 0 Å². The number of rotatable bonds is 3. The lowest BCUT2D eigenvalue weighted by Gasteiger charge is -2.18. The van der Waals surface area contributed by atoms with E-state index in [0.29, 0.717) is 0 Å². The smallest absolute Gasteiger partial charge is 0.0794 e. The van der Waals surface area contributed by atoms with Crippen molar-refractivity contribution in [3.63, 3.8) is 0 Å². The quantitative estimate of drug-likeness (QED) is 0.806. The van der Waals surface area contributed by atoms with Crippen LogP contribution in [0.2, 0.25) is 0 Å². The Labute approximate surface area is 93.2 Å². The van der Waals surface area contributed by atoms with Gasteiger partial charge >= 0.3 is 0 Å². The average molecular weight is 219 g/mol. The number of thiazole rings is 1. The normalized spacial score (nSPS) is 10.2. The van der Waals surface area contributed by atoms with E-state index in [4.69, 9.17) is 5.73 Å². The van der Waals surface area contributed by atoms with E-state index in [9.17, 15) is 0 Å². The Morgan fingerprint density at radius 1 is 1.33 bits per heavy atom. The summed E-state index contributed by atoms with van der Waals surface area (Å²) in [4.78, 5) is 7.49. The zero-order valence-electron chi connectivity index (χ0n) is 8.55. The molecule has 0 aliphatic heterocycles. The van der Waals surface area contributed by atoms with Crippen molar-refractivity contribution in [2.45, 2.75) is 6.54 Å². The van der Waals surface area contributed by atoms with Gasteiger partial charge in [0.25, 0.3) is 0 Å². The Balaban J connectivity index is 2.08. The summed E-state index contributed by atoms with van der Waals surface area (Å²) in [6.45, 7) is 0.884. The molecule has 0 radical (unpaired) electrons. The van der Waals surface area contributed by atoms with Gasteiger partial charge in [-0.15, -0.1) is 11.3 Å².